The van der Waals surface area contributed by atoms with Crippen molar-refractivity contribution in [3.8, 4) is 6.07 Å². The maximum Gasteiger partial charge on any atom is 0.114 e. The van der Waals surface area contributed by atoms with Gasteiger partial charge in [-0.1, -0.05) is 18.2 Å². The van der Waals surface area contributed by atoms with Crippen molar-refractivity contribution in [2.24, 2.45) is 0 Å². The molecule has 0 aliphatic rings. The van der Waals surface area contributed by atoms with E-state index < -0.39 is 0 Å². The average molecular weight is 289 g/mol. The van der Waals surface area contributed by atoms with Crippen molar-refractivity contribution >= 4 is 32.5 Å². The monoisotopic (exact) mass is 289 g/mol. The molecule has 2 aromatic heterocycles. The van der Waals surface area contributed by atoms with Crippen LogP contribution < -0.4 is 0 Å². The van der Waals surface area contributed by atoms with E-state index in [0.717, 1.165) is 28.0 Å². The summed E-state index contributed by atoms with van der Waals surface area (Å²) < 4.78 is 3.36. The predicted octanol–water partition coefficient (Wildman–Crippen LogP) is 4.17. The van der Waals surface area contributed by atoms with Gasteiger partial charge in [-0.25, -0.2) is 4.98 Å². The van der Waals surface area contributed by atoms with Gasteiger partial charge in [-0.15, -0.1) is 11.3 Å². The lowest BCUT2D eigenvalue weighted by Gasteiger charge is -2.02. The minimum absolute atomic E-state index is 0.687. The molecule has 3 nitrogen and oxygen atoms in total. The van der Waals surface area contributed by atoms with Crippen molar-refractivity contribution in [1.29, 1.82) is 5.26 Å². The first-order valence-corrected chi connectivity index (χ1v) is 7.48. The number of rotatable bonds is 2. The molecule has 2 aromatic carbocycles. The Kier molecular flexibility index (Phi) is 2.73. The molecule has 0 atom stereocenters. The molecule has 0 saturated carbocycles. The third kappa shape index (κ3) is 2.08. The fourth-order valence-electron chi connectivity index (χ4n) is 2.52. The molecule has 0 radical (unpaired) electrons. The molecule has 0 amide bonds. The SMILES string of the molecule is N#Cc1ccc2ccn(Cc3nc4ccccc4s3)c2c1. The van der Waals surface area contributed by atoms with Gasteiger partial charge in [-0.2, -0.15) is 5.26 Å². The molecule has 2 heterocycles. The molecule has 0 aliphatic carbocycles. The van der Waals surface area contributed by atoms with E-state index in [-0.39, 0.29) is 0 Å². The zero-order valence-corrected chi connectivity index (χ0v) is 12.0. The van der Waals surface area contributed by atoms with Crippen molar-refractivity contribution in [1.82, 2.24) is 9.55 Å². The van der Waals surface area contributed by atoms with E-state index in [4.69, 9.17) is 5.26 Å². The van der Waals surface area contributed by atoms with Crippen LogP contribution in [-0.4, -0.2) is 9.55 Å². The van der Waals surface area contributed by atoms with E-state index >= 15 is 0 Å². The largest absolute Gasteiger partial charge is 0.341 e. The fourth-order valence-corrected chi connectivity index (χ4v) is 3.49. The topological polar surface area (TPSA) is 41.6 Å². The lowest BCUT2D eigenvalue weighted by Crippen LogP contribution is -1.97. The molecule has 0 aliphatic heterocycles. The van der Waals surface area contributed by atoms with Crippen LogP contribution in [0.4, 0.5) is 0 Å². The normalized spacial score (nSPS) is 11.0. The Bertz CT molecular complexity index is 955. The van der Waals surface area contributed by atoms with Gasteiger partial charge < -0.3 is 4.57 Å². The highest BCUT2D eigenvalue weighted by molar-refractivity contribution is 7.18. The number of fused-ring (bicyclic) bond motifs is 2. The highest BCUT2D eigenvalue weighted by Crippen LogP contribution is 2.24. The van der Waals surface area contributed by atoms with E-state index in [1.165, 1.54) is 4.70 Å². The summed E-state index contributed by atoms with van der Waals surface area (Å²) in [6, 6.07) is 18.2. The van der Waals surface area contributed by atoms with Crippen LogP contribution in [0, 0.1) is 11.3 Å². The second kappa shape index (κ2) is 4.72. The van der Waals surface area contributed by atoms with Crippen LogP contribution in [0.5, 0.6) is 0 Å². The predicted molar refractivity (Wildman–Crippen MR) is 85.4 cm³/mol. The van der Waals surface area contributed by atoms with Gasteiger partial charge in [0.25, 0.3) is 0 Å². The third-order valence-electron chi connectivity index (χ3n) is 3.55. The van der Waals surface area contributed by atoms with Crippen LogP contribution in [0.3, 0.4) is 0 Å². The van der Waals surface area contributed by atoms with Crippen molar-refractivity contribution in [2.45, 2.75) is 6.54 Å². The average Bonchev–Trinajstić information content (AvgIpc) is 3.10. The van der Waals surface area contributed by atoms with Gasteiger partial charge in [-0.3, -0.25) is 0 Å². The molecular formula is C17H11N3S. The maximum absolute atomic E-state index is 9.04. The quantitative estimate of drug-likeness (QED) is 0.555. The van der Waals surface area contributed by atoms with Crippen molar-refractivity contribution < 1.29 is 0 Å². The standard InChI is InChI=1S/C17H11N3S/c18-10-12-5-6-13-7-8-20(15(13)9-12)11-17-19-14-3-1-2-4-16(14)21-17/h1-9H,11H2. The zero-order valence-electron chi connectivity index (χ0n) is 11.2. The Balaban J connectivity index is 1.78. The van der Waals surface area contributed by atoms with Gasteiger partial charge in [-0.05, 0) is 35.7 Å². The number of benzene rings is 2. The lowest BCUT2D eigenvalue weighted by atomic mass is 10.2. The smallest absolute Gasteiger partial charge is 0.114 e. The van der Waals surface area contributed by atoms with E-state index in [9.17, 15) is 0 Å². The van der Waals surface area contributed by atoms with Gasteiger partial charge >= 0.3 is 0 Å². The van der Waals surface area contributed by atoms with Crippen molar-refractivity contribution in [2.75, 3.05) is 0 Å². The number of hydrogen-bond donors (Lipinski definition) is 0. The summed E-state index contributed by atoms with van der Waals surface area (Å²) in [4.78, 5) is 4.67. The van der Waals surface area contributed by atoms with Crippen LogP contribution >= 0.6 is 11.3 Å². The van der Waals surface area contributed by atoms with Gasteiger partial charge in [0.1, 0.15) is 5.01 Å². The van der Waals surface area contributed by atoms with Gasteiger partial charge in [0.2, 0.25) is 0 Å². The molecule has 0 saturated heterocycles. The number of para-hydroxylation sites is 1. The molecule has 21 heavy (non-hydrogen) atoms. The summed E-state index contributed by atoms with van der Waals surface area (Å²) >= 11 is 1.72. The second-order valence-electron chi connectivity index (χ2n) is 4.90. The van der Waals surface area contributed by atoms with Crippen LogP contribution in [0.25, 0.3) is 21.1 Å². The molecule has 0 spiro atoms. The number of nitrogens with zero attached hydrogens (tertiary/aromatic N) is 3. The summed E-state index contributed by atoms with van der Waals surface area (Å²) in [7, 11) is 0. The Hall–Kier alpha value is -2.64. The maximum atomic E-state index is 9.04. The van der Waals surface area contributed by atoms with Crippen LogP contribution in [-0.2, 0) is 6.54 Å². The second-order valence-corrected chi connectivity index (χ2v) is 6.02. The molecular weight excluding hydrogens is 278 g/mol. The van der Waals surface area contributed by atoms with E-state index in [1.807, 2.05) is 36.4 Å². The number of nitriles is 1. The number of thiazole rings is 1. The minimum atomic E-state index is 0.687. The highest BCUT2D eigenvalue weighted by Gasteiger charge is 2.07. The Morgan fingerprint density at radius 3 is 2.90 bits per heavy atom. The summed E-state index contributed by atoms with van der Waals surface area (Å²) in [5.74, 6) is 0. The third-order valence-corrected chi connectivity index (χ3v) is 4.57. The van der Waals surface area contributed by atoms with Crippen LogP contribution in [0.1, 0.15) is 10.6 Å². The van der Waals surface area contributed by atoms with Crippen LogP contribution in [0.15, 0.2) is 54.7 Å². The van der Waals surface area contributed by atoms with Crippen LogP contribution in [0.2, 0.25) is 0 Å². The fraction of sp³-hybridized carbons (Fsp3) is 0.0588. The first-order valence-electron chi connectivity index (χ1n) is 6.67. The molecule has 0 bridgehead atoms. The summed E-state index contributed by atoms with van der Waals surface area (Å²) in [6.07, 6.45) is 2.05. The zero-order chi connectivity index (χ0) is 14.2. The highest BCUT2D eigenvalue weighted by atomic mass is 32.1. The summed E-state index contributed by atoms with van der Waals surface area (Å²) in [5.41, 5.74) is 2.81. The molecule has 4 rings (SSSR count). The minimum Gasteiger partial charge on any atom is -0.341 e. The number of aromatic nitrogens is 2. The molecule has 0 N–H and O–H groups in total. The molecule has 0 fully saturated rings. The van der Waals surface area contributed by atoms with E-state index in [2.05, 4.69) is 33.9 Å². The molecule has 4 aromatic rings. The van der Waals surface area contributed by atoms with E-state index in [0.29, 0.717) is 5.56 Å². The van der Waals surface area contributed by atoms with Crippen molar-refractivity contribution in [3.05, 3.63) is 65.3 Å². The Morgan fingerprint density at radius 1 is 1.14 bits per heavy atom. The van der Waals surface area contributed by atoms with E-state index in [1.54, 1.807) is 11.3 Å². The Morgan fingerprint density at radius 2 is 2.05 bits per heavy atom. The Labute approximate surface area is 125 Å². The molecule has 100 valence electrons. The first-order chi connectivity index (χ1) is 10.3. The molecule has 4 heteroatoms. The van der Waals surface area contributed by atoms with Gasteiger partial charge in [0.05, 0.1) is 28.4 Å². The van der Waals surface area contributed by atoms with Gasteiger partial charge in [0.15, 0.2) is 0 Å². The number of hydrogen-bond acceptors (Lipinski definition) is 3. The summed E-state index contributed by atoms with van der Waals surface area (Å²) in [6.45, 7) is 0.734. The summed E-state index contributed by atoms with van der Waals surface area (Å²) in [5, 5.41) is 11.3. The molecule has 0 unspecified atom stereocenters. The lowest BCUT2D eigenvalue weighted by molar-refractivity contribution is 0.830. The van der Waals surface area contributed by atoms with Gasteiger partial charge in [0, 0.05) is 11.7 Å². The first kappa shape index (κ1) is 12.1. The van der Waals surface area contributed by atoms with Crippen molar-refractivity contribution in [3.63, 3.8) is 0 Å².